The number of phenols is 1. The highest BCUT2D eigenvalue weighted by Gasteiger charge is 2.20. The lowest BCUT2D eigenvalue weighted by atomic mass is 10.1. The molecule has 1 aliphatic heterocycles. The number of phenolic OH excluding ortho intramolecular Hbond substituents is 1. The van der Waals surface area contributed by atoms with Crippen LogP contribution < -0.4 is 4.74 Å². The Morgan fingerprint density at radius 1 is 1.36 bits per heavy atom. The summed E-state index contributed by atoms with van der Waals surface area (Å²) in [5.41, 5.74) is 2.03. The van der Waals surface area contributed by atoms with E-state index in [0.717, 1.165) is 42.1 Å². The third-order valence-corrected chi connectivity index (χ3v) is 5.31. The molecule has 4 rings (SSSR count). The van der Waals surface area contributed by atoms with E-state index in [4.69, 9.17) is 4.74 Å². The Balaban J connectivity index is 1.57. The van der Waals surface area contributed by atoms with Crippen molar-refractivity contribution in [1.29, 1.82) is 0 Å². The van der Waals surface area contributed by atoms with Crippen molar-refractivity contribution in [3.63, 3.8) is 0 Å². The SMILES string of the molecule is Cc1ccc(-c2cc(O)c3c(c2)CN(CCc2nn[nH]n2)CCO3)s1. The van der Waals surface area contributed by atoms with Crippen molar-refractivity contribution in [2.45, 2.75) is 19.9 Å². The smallest absolute Gasteiger partial charge is 0.175 e. The van der Waals surface area contributed by atoms with Crippen molar-refractivity contribution >= 4 is 11.3 Å². The van der Waals surface area contributed by atoms with Crippen LogP contribution in [0.15, 0.2) is 24.3 Å². The van der Waals surface area contributed by atoms with E-state index in [-0.39, 0.29) is 5.75 Å². The number of nitrogens with zero attached hydrogens (tertiary/aromatic N) is 4. The summed E-state index contributed by atoms with van der Waals surface area (Å²) in [7, 11) is 0. The normalized spacial score (nSPS) is 14.8. The maximum absolute atomic E-state index is 10.4. The first-order valence-corrected chi connectivity index (χ1v) is 9.01. The first kappa shape index (κ1) is 16.0. The van der Waals surface area contributed by atoms with Crippen LogP contribution in [-0.2, 0) is 13.0 Å². The van der Waals surface area contributed by atoms with Gasteiger partial charge in [0.15, 0.2) is 17.3 Å². The third-order valence-electron chi connectivity index (χ3n) is 4.26. The minimum atomic E-state index is 0.207. The van der Waals surface area contributed by atoms with Gasteiger partial charge < -0.3 is 9.84 Å². The molecule has 0 amide bonds. The van der Waals surface area contributed by atoms with E-state index in [1.54, 1.807) is 17.4 Å². The van der Waals surface area contributed by atoms with Gasteiger partial charge in [-0.05, 0) is 36.8 Å². The molecule has 0 bridgehead atoms. The molecule has 130 valence electrons. The maximum Gasteiger partial charge on any atom is 0.175 e. The average Bonchev–Trinajstić information content (AvgIpc) is 3.21. The Bertz CT molecular complexity index is 862. The zero-order valence-corrected chi connectivity index (χ0v) is 14.7. The quantitative estimate of drug-likeness (QED) is 0.745. The molecule has 1 aliphatic rings. The van der Waals surface area contributed by atoms with Crippen molar-refractivity contribution in [3.8, 4) is 21.9 Å². The molecule has 0 radical (unpaired) electrons. The van der Waals surface area contributed by atoms with Crippen LogP contribution in [0.5, 0.6) is 11.5 Å². The van der Waals surface area contributed by atoms with Crippen molar-refractivity contribution < 1.29 is 9.84 Å². The summed E-state index contributed by atoms with van der Waals surface area (Å²) in [6.07, 6.45) is 0.724. The molecule has 0 aliphatic carbocycles. The number of benzene rings is 1. The van der Waals surface area contributed by atoms with E-state index in [1.807, 2.05) is 0 Å². The molecule has 0 spiro atoms. The number of tetrazole rings is 1. The second kappa shape index (κ2) is 6.81. The summed E-state index contributed by atoms with van der Waals surface area (Å²) in [4.78, 5) is 4.69. The molecule has 3 heterocycles. The van der Waals surface area contributed by atoms with Gasteiger partial charge in [-0.2, -0.15) is 5.21 Å². The Hall–Kier alpha value is -2.45. The van der Waals surface area contributed by atoms with Crippen molar-refractivity contribution in [2.24, 2.45) is 0 Å². The van der Waals surface area contributed by atoms with Gasteiger partial charge in [0.2, 0.25) is 0 Å². The lowest BCUT2D eigenvalue weighted by Crippen LogP contribution is -2.28. The van der Waals surface area contributed by atoms with Crippen LogP contribution in [-0.4, -0.2) is 50.3 Å². The molecule has 7 nitrogen and oxygen atoms in total. The number of fused-ring (bicyclic) bond motifs is 1. The molecule has 0 fully saturated rings. The van der Waals surface area contributed by atoms with Crippen molar-refractivity contribution in [1.82, 2.24) is 25.5 Å². The highest BCUT2D eigenvalue weighted by molar-refractivity contribution is 7.15. The topological polar surface area (TPSA) is 87.2 Å². The maximum atomic E-state index is 10.4. The van der Waals surface area contributed by atoms with Crippen LogP contribution in [0.2, 0.25) is 0 Å². The zero-order valence-electron chi connectivity index (χ0n) is 13.9. The number of aromatic amines is 1. The van der Waals surface area contributed by atoms with Gasteiger partial charge in [-0.15, -0.1) is 21.5 Å². The van der Waals surface area contributed by atoms with E-state index >= 15 is 0 Å². The van der Waals surface area contributed by atoms with Crippen molar-refractivity contribution in [3.05, 3.63) is 40.5 Å². The number of hydrogen-bond donors (Lipinski definition) is 2. The number of hydrogen-bond acceptors (Lipinski definition) is 7. The molecule has 2 N–H and O–H groups in total. The van der Waals surface area contributed by atoms with E-state index in [2.05, 4.69) is 50.6 Å². The fourth-order valence-corrected chi connectivity index (χ4v) is 3.88. The summed E-state index contributed by atoms with van der Waals surface area (Å²) in [6, 6.07) is 8.09. The van der Waals surface area contributed by atoms with Crippen LogP contribution in [0.25, 0.3) is 10.4 Å². The summed E-state index contributed by atoms with van der Waals surface area (Å²) in [5, 5.41) is 24.5. The highest BCUT2D eigenvalue weighted by Crippen LogP contribution is 2.39. The number of aromatic nitrogens is 4. The van der Waals surface area contributed by atoms with Gasteiger partial charge in [-0.3, -0.25) is 4.90 Å². The van der Waals surface area contributed by atoms with Crippen LogP contribution in [0.3, 0.4) is 0 Å². The van der Waals surface area contributed by atoms with Crippen LogP contribution in [0.4, 0.5) is 0 Å². The lowest BCUT2D eigenvalue weighted by molar-refractivity contribution is 0.224. The molecule has 0 unspecified atom stereocenters. The molecular weight excluding hydrogens is 338 g/mol. The number of thiophene rings is 1. The molecular formula is C17H19N5O2S. The second-order valence-corrected chi connectivity index (χ2v) is 7.38. The predicted octanol–water partition coefficient (Wildman–Crippen LogP) is 2.38. The fraction of sp³-hybridized carbons (Fsp3) is 0.353. The van der Waals surface area contributed by atoms with E-state index in [0.29, 0.717) is 18.2 Å². The summed E-state index contributed by atoms with van der Waals surface area (Å²) in [5.74, 6) is 1.51. The number of ether oxygens (including phenoxy) is 1. The van der Waals surface area contributed by atoms with Crippen LogP contribution in [0, 0.1) is 6.92 Å². The van der Waals surface area contributed by atoms with Gasteiger partial charge in [-0.1, -0.05) is 5.21 Å². The van der Waals surface area contributed by atoms with E-state index < -0.39 is 0 Å². The molecule has 0 saturated heterocycles. The van der Waals surface area contributed by atoms with Gasteiger partial charge in [0.1, 0.15) is 6.61 Å². The Morgan fingerprint density at radius 2 is 2.28 bits per heavy atom. The molecule has 3 aromatic rings. The molecule has 1 aromatic carbocycles. The standard InChI is InChI=1S/C17H19N5O2S/c1-11-2-3-15(25-11)12-8-13-10-22(5-4-16-18-20-21-19-16)6-7-24-17(13)14(23)9-12/h2-3,8-9,23H,4-7,10H2,1H3,(H,18,19,20,21). The van der Waals surface area contributed by atoms with Crippen molar-refractivity contribution in [2.75, 3.05) is 19.7 Å². The minimum absolute atomic E-state index is 0.207. The lowest BCUT2D eigenvalue weighted by Gasteiger charge is -2.18. The number of nitrogens with one attached hydrogen (secondary N) is 1. The van der Waals surface area contributed by atoms with Gasteiger partial charge in [0, 0.05) is 41.4 Å². The molecule has 0 atom stereocenters. The summed E-state index contributed by atoms with van der Waals surface area (Å²) in [6.45, 7) is 4.95. The number of rotatable bonds is 4. The Morgan fingerprint density at radius 3 is 3.04 bits per heavy atom. The average molecular weight is 357 g/mol. The highest BCUT2D eigenvalue weighted by atomic mass is 32.1. The minimum Gasteiger partial charge on any atom is -0.504 e. The number of aryl methyl sites for hydroxylation is 1. The van der Waals surface area contributed by atoms with Crippen LogP contribution >= 0.6 is 11.3 Å². The number of H-pyrrole nitrogens is 1. The fourth-order valence-electron chi connectivity index (χ4n) is 3.02. The molecule has 25 heavy (non-hydrogen) atoms. The zero-order chi connectivity index (χ0) is 17.2. The van der Waals surface area contributed by atoms with Crippen LogP contribution in [0.1, 0.15) is 16.3 Å². The van der Waals surface area contributed by atoms with E-state index in [9.17, 15) is 5.11 Å². The Labute approximate surface area is 149 Å². The Kier molecular flexibility index (Phi) is 4.37. The largest absolute Gasteiger partial charge is 0.504 e. The third kappa shape index (κ3) is 3.49. The first-order valence-electron chi connectivity index (χ1n) is 8.19. The predicted molar refractivity (Wildman–Crippen MR) is 94.8 cm³/mol. The van der Waals surface area contributed by atoms with Gasteiger partial charge in [-0.25, -0.2) is 0 Å². The molecule has 0 saturated carbocycles. The monoisotopic (exact) mass is 357 g/mol. The van der Waals surface area contributed by atoms with E-state index in [1.165, 1.54) is 4.88 Å². The molecule has 8 heteroatoms. The summed E-state index contributed by atoms with van der Waals surface area (Å²) < 4.78 is 5.80. The second-order valence-electron chi connectivity index (χ2n) is 6.10. The van der Waals surface area contributed by atoms with Gasteiger partial charge in [0.05, 0.1) is 0 Å². The van der Waals surface area contributed by atoms with Gasteiger partial charge >= 0.3 is 0 Å². The molecule has 2 aromatic heterocycles. The van der Waals surface area contributed by atoms with Gasteiger partial charge in [0.25, 0.3) is 0 Å². The summed E-state index contributed by atoms with van der Waals surface area (Å²) >= 11 is 1.72. The first-order chi connectivity index (χ1) is 12.2. The number of aromatic hydroxyl groups is 1.